The molecule has 6 unspecified atom stereocenters. The molecule has 6 N–H and O–H groups in total. The van der Waals surface area contributed by atoms with Gasteiger partial charge in [-0.25, -0.2) is 4.98 Å². The predicted octanol–water partition coefficient (Wildman–Crippen LogP) is 0.814. The second-order valence-electron chi connectivity index (χ2n) is 7.32. The third-order valence-electron chi connectivity index (χ3n) is 5.27. The number of thiazole rings is 1. The minimum absolute atomic E-state index is 0.400. The molecule has 1 aliphatic rings. The van der Waals surface area contributed by atoms with Gasteiger partial charge in [-0.1, -0.05) is 29.5 Å². The summed E-state index contributed by atoms with van der Waals surface area (Å²) in [4.78, 5) is 4.45. The van der Waals surface area contributed by atoms with Crippen molar-refractivity contribution in [3.63, 3.8) is 0 Å². The van der Waals surface area contributed by atoms with E-state index in [4.69, 9.17) is 9.47 Å². The number of aliphatic hydroxyl groups is 5. The van der Waals surface area contributed by atoms with Crippen molar-refractivity contribution < 1.29 is 35.0 Å². The molecule has 0 spiro atoms. The van der Waals surface area contributed by atoms with E-state index in [9.17, 15) is 25.5 Å². The van der Waals surface area contributed by atoms with E-state index in [0.29, 0.717) is 16.5 Å². The normalized spacial score (nSPS) is 27.4. The highest BCUT2D eigenvalue weighted by molar-refractivity contribution is 7.20. The average molecular weight is 448 g/mol. The van der Waals surface area contributed by atoms with Gasteiger partial charge in [0.15, 0.2) is 0 Å². The zero-order valence-electron chi connectivity index (χ0n) is 16.6. The van der Waals surface area contributed by atoms with E-state index in [1.165, 1.54) is 11.3 Å². The third-order valence-corrected chi connectivity index (χ3v) is 6.16. The summed E-state index contributed by atoms with van der Waals surface area (Å²) in [5.74, 6) is 0.448. The Bertz CT molecular complexity index is 1040. The largest absolute Gasteiger partial charge is 0.431 e. The Labute approximate surface area is 182 Å². The van der Waals surface area contributed by atoms with Crippen molar-refractivity contribution in [2.24, 2.45) is 0 Å². The molecule has 9 nitrogen and oxygen atoms in total. The number of nitrogens with zero attached hydrogens (tertiary/aromatic N) is 1. The Morgan fingerprint density at radius 1 is 1.13 bits per heavy atom. The molecule has 1 aliphatic heterocycles. The maximum atomic E-state index is 10.3. The van der Waals surface area contributed by atoms with Crippen LogP contribution in [-0.4, -0.2) is 68.6 Å². The van der Waals surface area contributed by atoms with Crippen LogP contribution in [0.4, 0.5) is 0 Å². The fraction of sp³-hybridized carbons (Fsp3) is 0.381. The number of fused-ring (bicyclic) bond motifs is 1. The van der Waals surface area contributed by atoms with Gasteiger partial charge >= 0.3 is 0 Å². The molecule has 31 heavy (non-hydrogen) atoms. The number of hydrogen-bond donors (Lipinski definition) is 6. The van der Waals surface area contributed by atoms with Crippen molar-refractivity contribution in [1.82, 2.24) is 10.3 Å². The van der Waals surface area contributed by atoms with Crippen LogP contribution < -0.4 is 10.1 Å². The molecule has 6 atom stereocenters. The zero-order chi connectivity index (χ0) is 22.1. The molecule has 0 saturated carbocycles. The van der Waals surface area contributed by atoms with E-state index in [-0.39, 0.29) is 0 Å². The van der Waals surface area contributed by atoms with Gasteiger partial charge in [0, 0.05) is 0 Å². The topological polar surface area (TPSA) is 145 Å². The summed E-state index contributed by atoms with van der Waals surface area (Å²) in [6.45, 7) is -0.492. The van der Waals surface area contributed by atoms with Crippen LogP contribution in [0.1, 0.15) is 23.5 Å². The minimum Gasteiger partial charge on any atom is -0.431 e. The minimum atomic E-state index is -1.45. The molecule has 1 aromatic heterocycles. The molecule has 2 aromatic carbocycles. The van der Waals surface area contributed by atoms with Gasteiger partial charge in [0.25, 0.3) is 5.19 Å². The summed E-state index contributed by atoms with van der Waals surface area (Å²) in [6, 6.07) is 12.2. The molecule has 0 aliphatic carbocycles. The maximum absolute atomic E-state index is 10.3. The van der Waals surface area contributed by atoms with Crippen LogP contribution in [0.25, 0.3) is 10.2 Å². The van der Waals surface area contributed by atoms with Crippen LogP contribution >= 0.6 is 11.3 Å². The molecule has 2 heterocycles. The lowest BCUT2D eigenvalue weighted by molar-refractivity contribution is -0.231. The summed E-state index contributed by atoms with van der Waals surface area (Å²) in [5, 5.41) is 52.9. The fourth-order valence-corrected chi connectivity index (χ4v) is 4.42. The zero-order valence-corrected chi connectivity index (χ0v) is 17.4. The SMILES string of the molecule is CNC(O)c1ccc2nc(Oc3cccc(C4OC(CO)C(O)C(O)C4O)c3)sc2c1. The Morgan fingerprint density at radius 2 is 1.94 bits per heavy atom. The fourth-order valence-electron chi connectivity index (χ4n) is 3.53. The quantitative estimate of drug-likeness (QED) is 0.302. The number of nitrogens with one attached hydrogen (secondary N) is 1. The molecule has 1 fully saturated rings. The summed E-state index contributed by atoms with van der Waals surface area (Å²) < 4.78 is 12.4. The first kappa shape index (κ1) is 22.1. The van der Waals surface area contributed by atoms with Crippen molar-refractivity contribution in [2.45, 2.75) is 36.7 Å². The van der Waals surface area contributed by atoms with Crippen LogP contribution in [-0.2, 0) is 4.74 Å². The third kappa shape index (κ3) is 4.43. The molecular weight excluding hydrogens is 424 g/mol. The second kappa shape index (κ2) is 9.15. The van der Waals surface area contributed by atoms with Crippen molar-refractivity contribution in [3.8, 4) is 10.9 Å². The lowest BCUT2D eigenvalue weighted by Gasteiger charge is -2.40. The number of ether oxygens (including phenoxy) is 2. The number of aliphatic hydroxyl groups excluding tert-OH is 5. The van der Waals surface area contributed by atoms with Crippen LogP contribution in [0.3, 0.4) is 0 Å². The average Bonchev–Trinajstić information content (AvgIpc) is 3.18. The lowest BCUT2D eigenvalue weighted by atomic mass is 9.91. The van der Waals surface area contributed by atoms with Gasteiger partial charge in [-0.05, 0) is 42.4 Å². The van der Waals surface area contributed by atoms with Gasteiger partial charge in [-0.3, -0.25) is 5.32 Å². The monoisotopic (exact) mass is 448 g/mol. The van der Waals surface area contributed by atoms with E-state index in [2.05, 4.69) is 10.3 Å². The lowest BCUT2D eigenvalue weighted by Crippen LogP contribution is -2.55. The highest BCUT2D eigenvalue weighted by Crippen LogP contribution is 2.36. The highest BCUT2D eigenvalue weighted by atomic mass is 32.1. The van der Waals surface area contributed by atoms with Gasteiger partial charge in [-0.2, -0.15) is 0 Å². The van der Waals surface area contributed by atoms with E-state index >= 15 is 0 Å². The van der Waals surface area contributed by atoms with Crippen molar-refractivity contribution in [1.29, 1.82) is 0 Å². The van der Waals surface area contributed by atoms with E-state index < -0.39 is 43.4 Å². The van der Waals surface area contributed by atoms with Gasteiger partial charge in [-0.15, -0.1) is 0 Å². The molecule has 166 valence electrons. The Morgan fingerprint density at radius 3 is 2.68 bits per heavy atom. The molecule has 4 rings (SSSR count). The Balaban J connectivity index is 1.56. The summed E-state index contributed by atoms with van der Waals surface area (Å²) >= 11 is 1.32. The molecule has 1 saturated heterocycles. The maximum Gasteiger partial charge on any atom is 0.279 e. The van der Waals surface area contributed by atoms with Gasteiger partial charge in [0.1, 0.15) is 42.5 Å². The molecule has 0 radical (unpaired) electrons. The molecule has 3 aromatic rings. The van der Waals surface area contributed by atoms with Gasteiger partial charge in [0.2, 0.25) is 0 Å². The molecule has 0 bridgehead atoms. The van der Waals surface area contributed by atoms with Crippen LogP contribution in [0, 0.1) is 0 Å². The standard InChI is InChI=1S/C21H24N2O7S/c1-22-20(28)11-5-6-13-15(8-11)31-21(23-13)29-12-4-2-3-10(7-12)19-18(27)17(26)16(25)14(9-24)30-19/h2-8,14,16-20,22,24-28H,9H2,1H3. The van der Waals surface area contributed by atoms with Crippen LogP contribution in [0.5, 0.6) is 10.9 Å². The number of benzene rings is 2. The second-order valence-corrected chi connectivity index (χ2v) is 8.32. The van der Waals surface area contributed by atoms with Crippen molar-refractivity contribution in [3.05, 3.63) is 53.6 Å². The smallest absolute Gasteiger partial charge is 0.279 e. The van der Waals surface area contributed by atoms with Crippen molar-refractivity contribution >= 4 is 21.6 Å². The van der Waals surface area contributed by atoms with Crippen LogP contribution in [0.2, 0.25) is 0 Å². The molecule has 0 amide bonds. The van der Waals surface area contributed by atoms with E-state index in [1.54, 1.807) is 43.4 Å². The first-order chi connectivity index (χ1) is 14.9. The van der Waals surface area contributed by atoms with E-state index in [1.807, 2.05) is 6.07 Å². The summed E-state index contributed by atoms with van der Waals surface area (Å²) in [5.41, 5.74) is 1.97. The Kier molecular flexibility index (Phi) is 6.51. The first-order valence-electron chi connectivity index (χ1n) is 9.75. The number of aromatic nitrogens is 1. The number of rotatable bonds is 6. The Hall–Kier alpha value is -2.15. The van der Waals surface area contributed by atoms with E-state index in [0.717, 1.165) is 15.8 Å². The first-order valence-corrected chi connectivity index (χ1v) is 10.6. The summed E-state index contributed by atoms with van der Waals surface area (Å²) in [6.07, 6.45) is -6.94. The van der Waals surface area contributed by atoms with Gasteiger partial charge < -0.3 is 35.0 Å². The molecule has 10 heteroatoms. The predicted molar refractivity (Wildman–Crippen MR) is 113 cm³/mol. The van der Waals surface area contributed by atoms with Crippen LogP contribution in [0.15, 0.2) is 42.5 Å². The van der Waals surface area contributed by atoms with Gasteiger partial charge in [0.05, 0.1) is 16.8 Å². The summed E-state index contributed by atoms with van der Waals surface area (Å²) in [7, 11) is 1.67. The highest BCUT2D eigenvalue weighted by Gasteiger charge is 2.44. The van der Waals surface area contributed by atoms with Crippen molar-refractivity contribution in [2.75, 3.05) is 13.7 Å². The molecular formula is C21H24N2O7S. The number of hydrogen-bond acceptors (Lipinski definition) is 10.